The summed E-state index contributed by atoms with van der Waals surface area (Å²) in [7, 11) is 1.87. The Labute approximate surface area is 160 Å². The van der Waals surface area contributed by atoms with Crippen molar-refractivity contribution in [1.82, 2.24) is 19.6 Å². The molecule has 0 aromatic carbocycles. The quantitative estimate of drug-likeness (QED) is 0.753. The lowest BCUT2D eigenvalue weighted by Gasteiger charge is -2.25. The minimum atomic E-state index is -0.795. The van der Waals surface area contributed by atoms with E-state index in [1.54, 1.807) is 6.20 Å². The summed E-state index contributed by atoms with van der Waals surface area (Å²) in [4.78, 5) is 27.5. The Balaban J connectivity index is 1.49. The molecule has 1 aromatic heterocycles. The van der Waals surface area contributed by atoms with Gasteiger partial charge in [0.25, 0.3) is 0 Å². The number of rotatable bonds is 7. The molecule has 8 heteroatoms. The minimum Gasteiger partial charge on any atom is -0.480 e. The molecule has 1 atom stereocenters. The second-order valence-corrected chi connectivity index (χ2v) is 7.82. The van der Waals surface area contributed by atoms with E-state index in [4.69, 9.17) is 5.11 Å². The van der Waals surface area contributed by atoms with Crippen molar-refractivity contribution in [2.24, 2.45) is 0 Å². The van der Waals surface area contributed by atoms with Gasteiger partial charge in [-0.1, -0.05) is 12.8 Å². The number of carbonyl (C=O) groups is 2. The summed E-state index contributed by atoms with van der Waals surface area (Å²) in [6, 6.07) is 2.53. The van der Waals surface area contributed by atoms with E-state index in [2.05, 4.69) is 15.3 Å². The van der Waals surface area contributed by atoms with Gasteiger partial charge in [-0.3, -0.25) is 19.4 Å². The van der Waals surface area contributed by atoms with Crippen LogP contribution < -0.4 is 5.32 Å². The van der Waals surface area contributed by atoms with E-state index in [0.29, 0.717) is 12.6 Å². The van der Waals surface area contributed by atoms with E-state index in [1.165, 1.54) is 12.8 Å². The lowest BCUT2D eigenvalue weighted by Crippen LogP contribution is -2.38. The van der Waals surface area contributed by atoms with Gasteiger partial charge in [0, 0.05) is 18.7 Å². The van der Waals surface area contributed by atoms with E-state index in [0.717, 1.165) is 51.0 Å². The zero-order chi connectivity index (χ0) is 19.2. The number of hydrogen-bond acceptors (Lipinski definition) is 5. The lowest BCUT2D eigenvalue weighted by atomic mass is 10.1. The standard InChI is InChI=1S/C19H31N5O3/c1-22(14-19(26)27)15-7-4-11-23(12-9-15)13-18(25)21-17-8-10-20-24(17)16-5-2-3-6-16/h8,10,15-16H,2-7,9,11-14H2,1H3,(H,21,25)(H,26,27). The second kappa shape index (κ2) is 9.32. The largest absolute Gasteiger partial charge is 0.480 e. The molecule has 1 amide bonds. The van der Waals surface area contributed by atoms with Crippen LogP contribution in [0.3, 0.4) is 0 Å². The van der Waals surface area contributed by atoms with Crippen molar-refractivity contribution in [3.63, 3.8) is 0 Å². The van der Waals surface area contributed by atoms with Crippen LogP contribution in [0.4, 0.5) is 5.82 Å². The highest BCUT2D eigenvalue weighted by molar-refractivity contribution is 5.91. The minimum absolute atomic E-state index is 0.00733. The third kappa shape index (κ3) is 5.52. The highest BCUT2D eigenvalue weighted by Crippen LogP contribution is 2.31. The number of aromatic nitrogens is 2. The Bertz CT molecular complexity index is 641. The Hall–Kier alpha value is -1.93. The molecule has 0 radical (unpaired) electrons. The first kappa shape index (κ1) is 19.8. The topological polar surface area (TPSA) is 90.7 Å². The maximum atomic E-state index is 12.5. The highest BCUT2D eigenvalue weighted by atomic mass is 16.4. The van der Waals surface area contributed by atoms with Gasteiger partial charge in [-0.05, 0) is 45.7 Å². The normalized spacial score (nSPS) is 22.1. The number of nitrogens with zero attached hydrogens (tertiary/aromatic N) is 4. The lowest BCUT2D eigenvalue weighted by molar-refractivity contribution is -0.138. The molecule has 150 valence electrons. The fourth-order valence-corrected chi connectivity index (χ4v) is 4.32. The molecule has 3 rings (SSSR count). The van der Waals surface area contributed by atoms with Crippen molar-refractivity contribution in [3.8, 4) is 0 Å². The first-order valence-corrected chi connectivity index (χ1v) is 10.0. The van der Waals surface area contributed by atoms with Crippen LogP contribution in [-0.4, -0.2) is 75.8 Å². The fraction of sp³-hybridized carbons (Fsp3) is 0.737. The number of nitrogens with one attached hydrogen (secondary N) is 1. The Kier molecular flexibility index (Phi) is 6.84. The van der Waals surface area contributed by atoms with E-state index in [1.807, 2.05) is 22.7 Å². The number of anilines is 1. The van der Waals surface area contributed by atoms with Gasteiger partial charge in [-0.2, -0.15) is 5.10 Å². The van der Waals surface area contributed by atoms with Gasteiger partial charge in [0.05, 0.1) is 25.3 Å². The molecule has 1 unspecified atom stereocenters. The molecule has 2 aliphatic rings. The molecule has 1 aromatic rings. The van der Waals surface area contributed by atoms with Crippen LogP contribution in [0.25, 0.3) is 0 Å². The van der Waals surface area contributed by atoms with Gasteiger partial charge in [-0.15, -0.1) is 0 Å². The van der Waals surface area contributed by atoms with E-state index < -0.39 is 5.97 Å². The van der Waals surface area contributed by atoms with Gasteiger partial charge < -0.3 is 10.4 Å². The van der Waals surface area contributed by atoms with Crippen LogP contribution in [0.5, 0.6) is 0 Å². The molecular formula is C19H31N5O3. The van der Waals surface area contributed by atoms with E-state index >= 15 is 0 Å². The summed E-state index contributed by atoms with van der Waals surface area (Å²) < 4.78 is 1.96. The number of likely N-dealkylation sites (tertiary alicyclic amines) is 1. The Morgan fingerprint density at radius 1 is 1.22 bits per heavy atom. The molecule has 0 spiro atoms. The third-order valence-corrected chi connectivity index (χ3v) is 5.77. The van der Waals surface area contributed by atoms with Crippen LogP contribution in [0.1, 0.15) is 51.0 Å². The van der Waals surface area contributed by atoms with Crippen molar-refractivity contribution in [2.45, 2.75) is 57.0 Å². The average molecular weight is 377 g/mol. The Morgan fingerprint density at radius 3 is 2.74 bits per heavy atom. The Morgan fingerprint density at radius 2 is 2.00 bits per heavy atom. The number of aliphatic carboxylic acids is 1. The predicted molar refractivity (Wildman–Crippen MR) is 103 cm³/mol. The molecule has 2 fully saturated rings. The number of likely N-dealkylation sites (N-methyl/N-ethyl adjacent to an activating group) is 1. The van der Waals surface area contributed by atoms with Crippen molar-refractivity contribution in [1.29, 1.82) is 0 Å². The predicted octanol–water partition coefficient (Wildman–Crippen LogP) is 1.81. The summed E-state index contributed by atoms with van der Waals surface area (Å²) in [6.45, 7) is 2.11. The molecule has 27 heavy (non-hydrogen) atoms. The zero-order valence-electron chi connectivity index (χ0n) is 16.1. The molecule has 1 saturated heterocycles. The summed E-state index contributed by atoms with van der Waals surface area (Å²) in [5.74, 6) is -0.00951. The molecule has 1 aliphatic carbocycles. The van der Waals surface area contributed by atoms with Crippen LogP contribution in [0.2, 0.25) is 0 Å². The number of hydrogen-bond donors (Lipinski definition) is 2. The van der Waals surface area contributed by atoms with Crippen molar-refractivity contribution < 1.29 is 14.7 Å². The maximum absolute atomic E-state index is 12.5. The van der Waals surface area contributed by atoms with E-state index in [9.17, 15) is 9.59 Å². The van der Waals surface area contributed by atoms with Gasteiger partial charge >= 0.3 is 5.97 Å². The average Bonchev–Trinajstić information content (AvgIpc) is 3.23. The molecule has 2 heterocycles. The zero-order valence-corrected chi connectivity index (χ0v) is 16.1. The third-order valence-electron chi connectivity index (χ3n) is 5.77. The molecule has 1 aliphatic heterocycles. The number of amides is 1. The summed E-state index contributed by atoms with van der Waals surface area (Å²) >= 11 is 0. The number of carboxylic acids is 1. The van der Waals surface area contributed by atoms with Crippen LogP contribution in [0.15, 0.2) is 12.3 Å². The molecule has 2 N–H and O–H groups in total. The van der Waals surface area contributed by atoms with Gasteiger partial charge in [0.15, 0.2) is 0 Å². The van der Waals surface area contributed by atoms with Crippen LogP contribution >= 0.6 is 0 Å². The van der Waals surface area contributed by atoms with Gasteiger partial charge in [0.2, 0.25) is 5.91 Å². The number of carbonyl (C=O) groups excluding carboxylic acids is 1. The van der Waals surface area contributed by atoms with Gasteiger partial charge in [-0.25, -0.2) is 4.68 Å². The maximum Gasteiger partial charge on any atom is 0.317 e. The molecule has 8 nitrogen and oxygen atoms in total. The van der Waals surface area contributed by atoms with Crippen molar-refractivity contribution in [2.75, 3.05) is 38.5 Å². The molecule has 1 saturated carbocycles. The SMILES string of the molecule is CN(CC(=O)O)C1CCCN(CC(=O)Nc2ccnn2C2CCCC2)CC1. The van der Waals surface area contributed by atoms with E-state index in [-0.39, 0.29) is 18.5 Å². The monoisotopic (exact) mass is 377 g/mol. The first-order chi connectivity index (χ1) is 13.0. The van der Waals surface area contributed by atoms with Crippen molar-refractivity contribution in [3.05, 3.63) is 12.3 Å². The number of carboxylic acid groups (broad SMARTS) is 1. The van der Waals surface area contributed by atoms with Crippen LogP contribution in [-0.2, 0) is 9.59 Å². The second-order valence-electron chi connectivity index (χ2n) is 7.82. The molecule has 0 bridgehead atoms. The summed E-state index contributed by atoms with van der Waals surface area (Å²) in [6.07, 6.45) is 9.29. The smallest absolute Gasteiger partial charge is 0.317 e. The molecular weight excluding hydrogens is 346 g/mol. The van der Waals surface area contributed by atoms with Gasteiger partial charge in [0.1, 0.15) is 5.82 Å². The highest BCUT2D eigenvalue weighted by Gasteiger charge is 2.24. The fourth-order valence-electron chi connectivity index (χ4n) is 4.32. The van der Waals surface area contributed by atoms with Crippen LogP contribution in [0, 0.1) is 0 Å². The summed E-state index contributed by atoms with van der Waals surface area (Å²) in [5.41, 5.74) is 0. The first-order valence-electron chi connectivity index (χ1n) is 10.0. The summed E-state index contributed by atoms with van der Waals surface area (Å²) in [5, 5.41) is 16.4. The van der Waals surface area contributed by atoms with Crippen molar-refractivity contribution >= 4 is 17.7 Å².